The van der Waals surface area contributed by atoms with Gasteiger partial charge in [-0.25, -0.2) is 0 Å². The van der Waals surface area contributed by atoms with Gasteiger partial charge in [-0.05, 0) is 30.1 Å². The zero-order valence-electron chi connectivity index (χ0n) is 4.86. The van der Waals surface area contributed by atoms with Crippen LogP contribution in [0.5, 0.6) is 0 Å². The molecule has 0 aliphatic carbocycles. The first-order valence-corrected chi connectivity index (χ1v) is 3.12. The molecule has 0 spiro atoms. The van der Waals surface area contributed by atoms with Crippen LogP contribution < -0.4 is 0 Å². The third-order valence-corrected chi connectivity index (χ3v) is 0.837. The summed E-state index contributed by atoms with van der Waals surface area (Å²) >= 11 is 10.2. The van der Waals surface area contributed by atoms with E-state index in [-0.39, 0.29) is 5.22 Å². The van der Waals surface area contributed by atoms with Crippen molar-refractivity contribution < 1.29 is 9.53 Å². The smallest absolute Gasteiger partial charge is 0.249 e. The standard InChI is InChI=1S/C5H6Cl2O2/c1-2-9-5(7)3-4(6)8/h3H,2H2,1H3. The van der Waals surface area contributed by atoms with Crippen LogP contribution in [0.25, 0.3) is 0 Å². The van der Waals surface area contributed by atoms with Crippen LogP contribution in [0.4, 0.5) is 0 Å². The van der Waals surface area contributed by atoms with Crippen molar-refractivity contribution in [2.24, 2.45) is 0 Å². The average Bonchev–Trinajstić information content (AvgIpc) is 1.63. The molecule has 0 saturated heterocycles. The molecule has 0 radical (unpaired) electrons. The molecule has 0 bridgehead atoms. The first-order valence-electron chi connectivity index (χ1n) is 2.36. The number of hydrogen-bond acceptors (Lipinski definition) is 2. The Balaban J connectivity index is 3.69. The molecule has 0 aromatic heterocycles. The van der Waals surface area contributed by atoms with Gasteiger partial charge in [-0.15, -0.1) is 0 Å². The second-order valence-electron chi connectivity index (χ2n) is 1.19. The van der Waals surface area contributed by atoms with Crippen LogP contribution in [0.3, 0.4) is 0 Å². The van der Waals surface area contributed by atoms with Crippen molar-refractivity contribution >= 4 is 28.4 Å². The monoisotopic (exact) mass is 168 g/mol. The van der Waals surface area contributed by atoms with Gasteiger partial charge in [0.15, 0.2) is 5.22 Å². The number of halogens is 2. The molecular formula is C5H6Cl2O2. The minimum absolute atomic E-state index is 0.0255. The molecule has 52 valence electrons. The Morgan fingerprint density at radius 3 is 2.56 bits per heavy atom. The maximum Gasteiger partial charge on any atom is 0.249 e. The number of hydrogen-bond donors (Lipinski definition) is 0. The molecule has 2 nitrogen and oxygen atoms in total. The van der Waals surface area contributed by atoms with E-state index in [1.54, 1.807) is 6.92 Å². The van der Waals surface area contributed by atoms with Gasteiger partial charge in [0.05, 0.1) is 12.7 Å². The molecule has 4 heteroatoms. The Bertz CT molecular complexity index is 131. The van der Waals surface area contributed by atoms with E-state index in [1.807, 2.05) is 0 Å². The van der Waals surface area contributed by atoms with Crippen LogP contribution >= 0.6 is 23.2 Å². The molecular weight excluding hydrogens is 163 g/mol. The Morgan fingerprint density at radius 1 is 1.67 bits per heavy atom. The molecule has 0 aliphatic heterocycles. The molecule has 0 aromatic rings. The van der Waals surface area contributed by atoms with E-state index < -0.39 is 5.24 Å². The van der Waals surface area contributed by atoms with E-state index in [4.69, 9.17) is 23.2 Å². The normalized spacial score (nSPS) is 11.2. The van der Waals surface area contributed by atoms with E-state index in [1.165, 1.54) is 0 Å². The summed E-state index contributed by atoms with van der Waals surface area (Å²) in [4.78, 5) is 10.1. The fourth-order valence-electron chi connectivity index (χ4n) is 0.269. The van der Waals surface area contributed by atoms with Crippen LogP contribution in [0, 0.1) is 0 Å². The third kappa shape index (κ3) is 5.66. The topological polar surface area (TPSA) is 26.3 Å². The lowest BCUT2D eigenvalue weighted by Gasteiger charge is -1.95. The quantitative estimate of drug-likeness (QED) is 0.366. The third-order valence-electron chi connectivity index (χ3n) is 0.509. The SMILES string of the molecule is CCOC(Cl)=CC(=O)Cl. The number of rotatable bonds is 3. The highest BCUT2D eigenvalue weighted by atomic mass is 35.5. The minimum Gasteiger partial charge on any atom is -0.483 e. The summed E-state index contributed by atoms with van der Waals surface area (Å²) in [7, 11) is 0. The van der Waals surface area contributed by atoms with Gasteiger partial charge in [0, 0.05) is 0 Å². The lowest BCUT2D eigenvalue weighted by molar-refractivity contribution is -0.107. The lowest BCUT2D eigenvalue weighted by atomic mass is 10.7. The van der Waals surface area contributed by atoms with E-state index in [0.29, 0.717) is 6.61 Å². The van der Waals surface area contributed by atoms with E-state index in [2.05, 4.69) is 4.74 Å². The van der Waals surface area contributed by atoms with Crippen molar-refractivity contribution in [2.45, 2.75) is 6.92 Å². The van der Waals surface area contributed by atoms with Gasteiger partial charge < -0.3 is 4.74 Å². The van der Waals surface area contributed by atoms with Gasteiger partial charge in [0.1, 0.15) is 0 Å². The highest BCUT2D eigenvalue weighted by Gasteiger charge is 1.93. The molecule has 0 heterocycles. The zero-order valence-corrected chi connectivity index (χ0v) is 6.37. The molecule has 0 atom stereocenters. The van der Waals surface area contributed by atoms with Gasteiger partial charge >= 0.3 is 0 Å². The van der Waals surface area contributed by atoms with Crippen molar-refractivity contribution in [1.82, 2.24) is 0 Å². The molecule has 0 aliphatic rings. The highest BCUT2D eigenvalue weighted by Crippen LogP contribution is 2.03. The second-order valence-corrected chi connectivity index (χ2v) is 1.93. The van der Waals surface area contributed by atoms with Crippen LogP contribution in [0.15, 0.2) is 11.3 Å². The first-order chi connectivity index (χ1) is 4.16. The fraction of sp³-hybridized carbons (Fsp3) is 0.400. The second kappa shape index (κ2) is 4.65. The van der Waals surface area contributed by atoms with Gasteiger partial charge in [0.2, 0.25) is 5.24 Å². The maximum absolute atomic E-state index is 10.1. The lowest BCUT2D eigenvalue weighted by Crippen LogP contribution is -1.86. The van der Waals surface area contributed by atoms with Crippen molar-refractivity contribution in [3.05, 3.63) is 11.3 Å². The summed E-state index contributed by atoms with van der Waals surface area (Å²) in [6.07, 6.45) is 1.01. The summed E-state index contributed by atoms with van der Waals surface area (Å²) in [6.45, 7) is 2.19. The van der Waals surface area contributed by atoms with Gasteiger partial charge in [-0.2, -0.15) is 0 Å². The van der Waals surface area contributed by atoms with Crippen LogP contribution in [-0.2, 0) is 9.53 Å². The first kappa shape index (κ1) is 8.79. The van der Waals surface area contributed by atoms with Crippen molar-refractivity contribution in [3.8, 4) is 0 Å². The number of carbonyl (C=O) groups excluding carboxylic acids is 1. The maximum atomic E-state index is 10.1. The molecule has 0 amide bonds. The van der Waals surface area contributed by atoms with E-state index in [9.17, 15) is 4.79 Å². The summed E-state index contributed by atoms with van der Waals surface area (Å²) in [5, 5.41) is -0.606. The number of carbonyl (C=O) groups is 1. The summed E-state index contributed by atoms with van der Waals surface area (Å²) in [5.41, 5.74) is 0. The van der Waals surface area contributed by atoms with Gasteiger partial charge in [0.25, 0.3) is 0 Å². The van der Waals surface area contributed by atoms with Crippen molar-refractivity contribution in [1.29, 1.82) is 0 Å². The predicted octanol–water partition coefficient (Wildman–Crippen LogP) is 1.87. The molecule has 0 fully saturated rings. The Kier molecular flexibility index (Phi) is 4.54. The van der Waals surface area contributed by atoms with Crippen LogP contribution in [0.1, 0.15) is 6.92 Å². The predicted molar refractivity (Wildman–Crippen MR) is 36.4 cm³/mol. The molecule has 0 N–H and O–H groups in total. The Morgan fingerprint density at radius 2 is 2.22 bits per heavy atom. The number of allylic oxidation sites excluding steroid dienone is 1. The number of ether oxygens (including phenoxy) is 1. The molecule has 0 rings (SSSR count). The van der Waals surface area contributed by atoms with Crippen molar-refractivity contribution in [2.75, 3.05) is 6.61 Å². The van der Waals surface area contributed by atoms with Gasteiger partial charge in [-0.3, -0.25) is 4.79 Å². The zero-order chi connectivity index (χ0) is 7.28. The molecule has 9 heavy (non-hydrogen) atoms. The van der Waals surface area contributed by atoms with E-state index >= 15 is 0 Å². The highest BCUT2D eigenvalue weighted by molar-refractivity contribution is 6.67. The fourth-order valence-corrected chi connectivity index (χ4v) is 0.632. The molecule has 0 unspecified atom stereocenters. The van der Waals surface area contributed by atoms with Crippen LogP contribution in [0.2, 0.25) is 0 Å². The summed E-state index contributed by atoms with van der Waals surface area (Å²) in [5.74, 6) is 0. The average molecular weight is 169 g/mol. The van der Waals surface area contributed by atoms with Crippen LogP contribution in [-0.4, -0.2) is 11.8 Å². The largest absolute Gasteiger partial charge is 0.483 e. The van der Waals surface area contributed by atoms with Gasteiger partial charge in [-0.1, -0.05) is 0 Å². The minimum atomic E-state index is -0.631. The molecule has 0 saturated carbocycles. The summed E-state index contributed by atoms with van der Waals surface area (Å²) < 4.78 is 4.67. The summed E-state index contributed by atoms with van der Waals surface area (Å²) in [6, 6.07) is 0. The van der Waals surface area contributed by atoms with E-state index in [0.717, 1.165) is 6.08 Å². The molecule has 0 aromatic carbocycles. The van der Waals surface area contributed by atoms with Crippen molar-refractivity contribution in [3.63, 3.8) is 0 Å². The Hall–Kier alpha value is -0.210. The Labute approximate surface area is 63.4 Å².